The molecule has 0 radical (unpaired) electrons. The largest absolute Gasteiger partial charge is 0.355 e. The molecule has 0 aliphatic rings. The van der Waals surface area contributed by atoms with Crippen molar-refractivity contribution in [3.8, 4) is 11.1 Å². The second-order valence-electron chi connectivity index (χ2n) is 5.51. The number of nitrogens with one attached hydrogen (secondary N) is 1. The molecular weight excluding hydrogens is 306 g/mol. The maximum atomic E-state index is 11.8. The van der Waals surface area contributed by atoms with Gasteiger partial charge in [0, 0.05) is 25.4 Å². The molecule has 2 aromatic heterocycles. The summed E-state index contributed by atoms with van der Waals surface area (Å²) in [6.45, 7) is 0.662. The van der Waals surface area contributed by atoms with E-state index in [4.69, 9.17) is 0 Å². The molecule has 0 aliphatic heterocycles. The average Bonchev–Trinajstić information content (AvgIpc) is 3.20. The first-order valence-electron chi connectivity index (χ1n) is 7.56. The van der Waals surface area contributed by atoms with Crippen LogP contribution in [0.1, 0.15) is 11.1 Å². The molecule has 1 N–H and O–H groups in total. The molecule has 1 amide bonds. The summed E-state index contributed by atoms with van der Waals surface area (Å²) in [7, 11) is 1.91. The van der Waals surface area contributed by atoms with Gasteiger partial charge in [-0.25, -0.2) is 0 Å². The second kappa shape index (κ2) is 7.24. The number of carbonyl (C=O) groups excluding carboxylic acids is 1. The van der Waals surface area contributed by atoms with Crippen LogP contribution in [0.2, 0.25) is 0 Å². The van der Waals surface area contributed by atoms with Crippen molar-refractivity contribution in [3.05, 3.63) is 64.6 Å². The number of hydrogen-bond acceptors (Lipinski definition) is 3. The van der Waals surface area contributed by atoms with E-state index in [1.807, 2.05) is 36.3 Å². The molecule has 3 rings (SSSR count). The first-order valence-corrected chi connectivity index (χ1v) is 8.51. The Morgan fingerprint density at radius 2 is 2.00 bits per heavy atom. The Hall–Kier alpha value is -2.40. The van der Waals surface area contributed by atoms with E-state index in [2.05, 4.69) is 34.7 Å². The van der Waals surface area contributed by atoms with Gasteiger partial charge in [-0.15, -0.1) is 0 Å². The van der Waals surface area contributed by atoms with Crippen LogP contribution in [0.4, 0.5) is 0 Å². The van der Waals surface area contributed by atoms with Gasteiger partial charge in [-0.2, -0.15) is 16.4 Å². The summed E-state index contributed by atoms with van der Waals surface area (Å²) < 4.78 is 1.80. The van der Waals surface area contributed by atoms with Crippen molar-refractivity contribution < 1.29 is 4.79 Å². The Balaban J connectivity index is 1.48. The van der Waals surface area contributed by atoms with Gasteiger partial charge in [0.1, 0.15) is 0 Å². The lowest BCUT2D eigenvalue weighted by Gasteiger charge is -2.05. The minimum absolute atomic E-state index is 0.0791. The Morgan fingerprint density at radius 1 is 1.17 bits per heavy atom. The highest BCUT2D eigenvalue weighted by Crippen LogP contribution is 2.18. The number of rotatable bonds is 6. The van der Waals surface area contributed by atoms with Gasteiger partial charge < -0.3 is 5.32 Å². The lowest BCUT2D eigenvalue weighted by atomic mass is 10.1. The van der Waals surface area contributed by atoms with Gasteiger partial charge >= 0.3 is 0 Å². The van der Waals surface area contributed by atoms with Crippen LogP contribution in [-0.4, -0.2) is 22.2 Å². The summed E-state index contributed by atoms with van der Waals surface area (Å²) in [6, 6.07) is 10.4. The number of hydrogen-bond donors (Lipinski definition) is 1. The maximum absolute atomic E-state index is 11.8. The molecule has 1 aromatic carbocycles. The van der Waals surface area contributed by atoms with Crippen molar-refractivity contribution in [1.29, 1.82) is 0 Å². The Morgan fingerprint density at radius 3 is 2.65 bits per heavy atom. The van der Waals surface area contributed by atoms with E-state index in [9.17, 15) is 4.79 Å². The predicted molar refractivity (Wildman–Crippen MR) is 93.4 cm³/mol. The number of carbonyl (C=O) groups is 1. The van der Waals surface area contributed by atoms with Crippen molar-refractivity contribution in [2.45, 2.75) is 12.8 Å². The molecule has 0 saturated heterocycles. The van der Waals surface area contributed by atoms with Crippen LogP contribution in [0, 0.1) is 0 Å². The molecule has 0 saturated carbocycles. The normalized spacial score (nSPS) is 10.7. The molecule has 118 valence electrons. The third-order valence-electron chi connectivity index (χ3n) is 3.67. The van der Waals surface area contributed by atoms with E-state index < -0.39 is 0 Å². The SMILES string of the molecule is Cn1cc(-c2ccc(CCNC(=O)Cc3ccsc3)cc2)cn1. The van der Waals surface area contributed by atoms with E-state index in [1.165, 1.54) is 5.56 Å². The summed E-state index contributed by atoms with van der Waals surface area (Å²) in [4.78, 5) is 11.8. The van der Waals surface area contributed by atoms with Crippen LogP contribution >= 0.6 is 11.3 Å². The predicted octanol–water partition coefficient (Wildman–Crippen LogP) is 3.05. The minimum Gasteiger partial charge on any atom is -0.355 e. The average molecular weight is 325 g/mol. The minimum atomic E-state index is 0.0791. The number of thiophene rings is 1. The van der Waals surface area contributed by atoms with Crippen molar-refractivity contribution >= 4 is 17.2 Å². The van der Waals surface area contributed by atoms with E-state index >= 15 is 0 Å². The molecule has 0 unspecified atom stereocenters. The summed E-state index contributed by atoms with van der Waals surface area (Å²) in [5.41, 5.74) is 4.56. The number of benzene rings is 1. The molecular formula is C18H19N3OS. The molecule has 4 nitrogen and oxygen atoms in total. The maximum Gasteiger partial charge on any atom is 0.224 e. The van der Waals surface area contributed by atoms with Crippen LogP contribution in [-0.2, 0) is 24.7 Å². The third kappa shape index (κ3) is 4.29. The van der Waals surface area contributed by atoms with Crippen LogP contribution in [0.3, 0.4) is 0 Å². The quantitative estimate of drug-likeness (QED) is 0.757. The van der Waals surface area contributed by atoms with E-state index in [0.717, 1.165) is 23.1 Å². The molecule has 0 fully saturated rings. The fourth-order valence-electron chi connectivity index (χ4n) is 2.42. The molecule has 0 atom stereocenters. The number of aromatic nitrogens is 2. The number of amides is 1. The zero-order valence-corrected chi connectivity index (χ0v) is 13.8. The molecule has 0 bridgehead atoms. The van der Waals surface area contributed by atoms with Gasteiger partial charge in [-0.05, 0) is 39.9 Å². The first kappa shape index (κ1) is 15.5. The summed E-state index contributed by atoms with van der Waals surface area (Å²) in [5, 5.41) is 11.2. The fourth-order valence-corrected chi connectivity index (χ4v) is 3.09. The van der Waals surface area contributed by atoms with Gasteiger partial charge in [0.05, 0.1) is 12.6 Å². The lowest BCUT2D eigenvalue weighted by Crippen LogP contribution is -2.27. The zero-order valence-electron chi connectivity index (χ0n) is 13.0. The van der Waals surface area contributed by atoms with E-state index in [1.54, 1.807) is 16.0 Å². The van der Waals surface area contributed by atoms with Crippen LogP contribution in [0.25, 0.3) is 11.1 Å². The van der Waals surface area contributed by atoms with Crippen molar-refractivity contribution in [1.82, 2.24) is 15.1 Å². The molecule has 3 aromatic rings. The van der Waals surface area contributed by atoms with Crippen LogP contribution in [0.5, 0.6) is 0 Å². The van der Waals surface area contributed by atoms with Crippen molar-refractivity contribution in [3.63, 3.8) is 0 Å². The Labute approximate surface area is 139 Å². The Bertz CT molecular complexity index is 760. The van der Waals surface area contributed by atoms with E-state index in [0.29, 0.717) is 13.0 Å². The number of aryl methyl sites for hydroxylation is 1. The highest BCUT2D eigenvalue weighted by molar-refractivity contribution is 7.07. The monoisotopic (exact) mass is 325 g/mol. The smallest absolute Gasteiger partial charge is 0.224 e. The van der Waals surface area contributed by atoms with Gasteiger partial charge in [-0.1, -0.05) is 24.3 Å². The van der Waals surface area contributed by atoms with E-state index in [-0.39, 0.29) is 5.91 Å². The lowest BCUT2D eigenvalue weighted by molar-refractivity contribution is -0.120. The molecule has 0 aliphatic carbocycles. The van der Waals surface area contributed by atoms with Gasteiger partial charge in [-0.3, -0.25) is 9.48 Å². The second-order valence-corrected chi connectivity index (χ2v) is 6.29. The van der Waals surface area contributed by atoms with Crippen molar-refractivity contribution in [2.24, 2.45) is 7.05 Å². The standard InChI is InChI=1S/C18H19N3OS/c1-21-12-17(11-20-21)16-4-2-14(3-5-16)6-8-19-18(22)10-15-7-9-23-13-15/h2-5,7,9,11-13H,6,8,10H2,1H3,(H,19,22). The van der Waals surface area contributed by atoms with Crippen LogP contribution in [0.15, 0.2) is 53.5 Å². The molecule has 5 heteroatoms. The number of nitrogens with zero attached hydrogens (tertiary/aromatic N) is 2. The van der Waals surface area contributed by atoms with Gasteiger partial charge in [0.15, 0.2) is 0 Å². The highest BCUT2D eigenvalue weighted by atomic mass is 32.1. The summed E-state index contributed by atoms with van der Waals surface area (Å²) >= 11 is 1.62. The Kier molecular flexibility index (Phi) is 4.88. The fraction of sp³-hybridized carbons (Fsp3) is 0.222. The topological polar surface area (TPSA) is 46.9 Å². The molecule has 0 spiro atoms. The highest BCUT2D eigenvalue weighted by Gasteiger charge is 2.04. The summed E-state index contributed by atoms with van der Waals surface area (Å²) in [6.07, 6.45) is 5.16. The van der Waals surface area contributed by atoms with Gasteiger partial charge in [0.25, 0.3) is 0 Å². The molecule has 23 heavy (non-hydrogen) atoms. The third-order valence-corrected chi connectivity index (χ3v) is 4.40. The zero-order chi connectivity index (χ0) is 16.1. The summed E-state index contributed by atoms with van der Waals surface area (Å²) in [5.74, 6) is 0.0791. The van der Waals surface area contributed by atoms with Crippen LogP contribution < -0.4 is 5.32 Å². The first-order chi connectivity index (χ1) is 11.2. The van der Waals surface area contributed by atoms with Gasteiger partial charge in [0.2, 0.25) is 5.91 Å². The molecule has 2 heterocycles. The van der Waals surface area contributed by atoms with Crippen molar-refractivity contribution in [2.75, 3.05) is 6.54 Å².